The number of para-hydroxylation sites is 2. The Hall–Kier alpha value is -4.04. The Morgan fingerprint density at radius 3 is 1.97 bits per heavy atom. The molecule has 0 aromatic heterocycles. The first kappa shape index (κ1) is 23.6. The molecule has 0 aliphatic carbocycles. The number of anilines is 2. The molecule has 0 bridgehead atoms. The molecule has 3 rings (SSSR count). The van der Waals surface area contributed by atoms with Crippen molar-refractivity contribution < 1.29 is 23.9 Å². The van der Waals surface area contributed by atoms with E-state index in [1.54, 1.807) is 60.7 Å². The Balaban J connectivity index is 1.74. The van der Waals surface area contributed by atoms with E-state index in [2.05, 4.69) is 16.0 Å². The number of ether oxygens (including phenoxy) is 2. The molecule has 33 heavy (non-hydrogen) atoms. The molecule has 0 heterocycles. The van der Waals surface area contributed by atoms with Crippen LogP contribution in [0.3, 0.4) is 0 Å². The van der Waals surface area contributed by atoms with E-state index in [0.29, 0.717) is 39.0 Å². The second-order valence-corrected chi connectivity index (χ2v) is 7.22. The Morgan fingerprint density at radius 2 is 1.39 bits per heavy atom. The number of rotatable bonds is 8. The molecule has 3 N–H and O–H groups in total. The van der Waals surface area contributed by atoms with Crippen LogP contribution in [0.15, 0.2) is 66.7 Å². The first-order chi connectivity index (χ1) is 15.9. The summed E-state index contributed by atoms with van der Waals surface area (Å²) in [5.74, 6) is -0.424. The predicted molar refractivity (Wildman–Crippen MR) is 126 cm³/mol. The van der Waals surface area contributed by atoms with E-state index >= 15 is 0 Å². The van der Waals surface area contributed by atoms with Gasteiger partial charge in [0.15, 0.2) is 18.1 Å². The van der Waals surface area contributed by atoms with Crippen LogP contribution in [0.1, 0.15) is 20.7 Å². The fraction of sp³-hybridized carbons (Fsp3) is 0.125. The van der Waals surface area contributed by atoms with Crippen LogP contribution in [0.4, 0.5) is 11.4 Å². The molecule has 0 aliphatic heterocycles. The van der Waals surface area contributed by atoms with Gasteiger partial charge in [0.2, 0.25) is 0 Å². The average Bonchev–Trinajstić information content (AvgIpc) is 2.83. The highest BCUT2D eigenvalue weighted by molar-refractivity contribution is 6.30. The van der Waals surface area contributed by atoms with Gasteiger partial charge in [0.1, 0.15) is 0 Å². The summed E-state index contributed by atoms with van der Waals surface area (Å²) in [6, 6.07) is 17.9. The van der Waals surface area contributed by atoms with Crippen LogP contribution in [0.2, 0.25) is 5.02 Å². The van der Waals surface area contributed by atoms with Crippen molar-refractivity contribution in [1.82, 2.24) is 5.32 Å². The van der Waals surface area contributed by atoms with Gasteiger partial charge in [0.05, 0.1) is 18.5 Å². The van der Waals surface area contributed by atoms with Crippen molar-refractivity contribution in [3.63, 3.8) is 0 Å². The molecule has 3 amide bonds. The van der Waals surface area contributed by atoms with E-state index < -0.39 is 5.91 Å². The normalized spacial score (nSPS) is 10.2. The van der Waals surface area contributed by atoms with Crippen molar-refractivity contribution in [2.75, 3.05) is 31.4 Å². The zero-order chi connectivity index (χ0) is 23.8. The van der Waals surface area contributed by atoms with Gasteiger partial charge in [0.25, 0.3) is 17.7 Å². The number of likely N-dealkylation sites (N-methyl/N-ethyl adjacent to an activating group) is 1. The summed E-state index contributed by atoms with van der Waals surface area (Å²) < 4.78 is 10.7. The van der Waals surface area contributed by atoms with Crippen molar-refractivity contribution in [2.24, 2.45) is 0 Å². The number of carbonyl (C=O) groups is 3. The standard InChI is InChI=1S/C24H22ClN3O5/c1-26-22(29)14-33-20-12-9-16(13-21(20)32-2)24(31)28-19-6-4-3-5-18(19)27-23(30)15-7-10-17(25)11-8-15/h3-13H,14H2,1-2H3,(H,26,29)(H,27,30)(H,28,31). The monoisotopic (exact) mass is 467 g/mol. The van der Waals surface area contributed by atoms with Gasteiger partial charge < -0.3 is 25.4 Å². The Kier molecular flexibility index (Phi) is 7.88. The van der Waals surface area contributed by atoms with Gasteiger partial charge in [-0.05, 0) is 54.6 Å². The summed E-state index contributed by atoms with van der Waals surface area (Å²) in [7, 11) is 2.94. The summed E-state index contributed by atoms with van der Waals surface area (Å²) in [5.41, 5.74) is 1.59. The molecular formula is C24H22ClN3O5. The SMILES string of the molecule is CNC(=O)COc1ccc(C(=O)Nc2ccccc2NC(=O)c2ccc(Cl)cc2)cc1OC. The number of methoxy groups -OCH3 is 1. The summed E-state index contributed by atoms with van der Waals surface area (Å²) in [6.07, 6.45) is 0. The molecule has 0 aliphatic rings. The molecule has 0 saturated heterocycles. The number of carbonyl (C=O) groups excluding carboxylic acids is 3. The maximum Gasteiger partial charge on any atom is 0.257 e. The third kappa shape index (κ3) is 6.24. The lowest BCUT2D eigenvalue weighted by Crippen LogP contribution is -2.25. The van der Waals surface area contributed by atoms with Crippen molar-refractivity contribution in [1.29, 1.82) is 0 Å². The number of benzene rings is 3. The molecule has 0 saturated carbocycles. The maximum atomic E-state index is 12.9. The molecule has 9 heteroatoms. The summed E-state index contributed by atoms with van der Waals surface area (Å²) in [5, 5.41) is 8.56. The second-order valence-electron chi connectivity index (χ2n) is 6.79. The van der Waals surface area contributed by atoms with E-state index in [-0.39, 0.29) is 18.4 Å². The molecule has 0 unspecified atom stereocenters. The minimum Gasteiger partial charge on any atom is -0.493 e. The number of halogens is 1. The van der Waals surface area contributed by atoms with Crippen molar-refractivity contribution in [2.45, 2.75) is 0 Å². The highest BCUT2D eigenvalue weighted by atomic mass is 35.5. The Morgan fingerprint density at radius 1 is 0.818 bits per heavy atom. The number of hydrogen-bond donors (Lipinski definition) is 3. The van der Waals surface area contributed by atoms with Crippen molar-refractivity contribution >= 4 is 40.7 Å². The Labute approximate surface area is 195 Å². The lowest BCUT2D eigenvalue weighted by molar-refractivity contribution is -0.122. The summed E-state index contributed by atoms with van der Waals surface area (Å²) >= 11 is 5.87. The van der Waals surface area contributed by atoms with Gasteiger partial charge in [0, 0.05) is 23.2 Å². The fourth-order valence-electron chi connectivity index (χ4n) is 2.83. The zero-order valence-corrected chi connectivity index (χ0v) is 18.7. The zero-order valence-electron chi connectivity index (χ0n) is 18.0. The highest BCUT2D eigenvalue weighted by Gasteiger charge is 2.15. The van der Waals surface area contributed by atoms with E-state index in [9.17, 15) is 14.4 Å². The third-order valence-corrected chi connectivity index (χ3v) is 4.85. The molecule has 8 nitrogen and oxygen atoms in total. The topological polar surface area (TPSA) is 106 Å². The molecule has 0 atom stereocenters. The molecule has 3 aromatic rings. The van der Waals surface area contributed by atoms with Crippen LogP contribution >= 0.6 is 11.6 Å². The first-order valence-corrected chi connectivity index (χ1v) is 10.3. The maximum absolute atomic E-state index is 12.9. The van der Waals surface area contributed by atoms with Crippen LogP contribution in [0.5, 0.6) is 11.5 Å². The minimum absolute atomic E-state index is 0.181. The lowest BCUT2D eigenvalue weighted by Gasteiger charge is -2.14. The van der Waals surface area contributed by atoms with Crippen LogP contribution in [-0.4, -0.2) is 38.5 Å². The average molecular weight is 468 g/mol. The molecule has 170 valence electrons. The van der Waals surface area contributed by atoms with Crippen LogP contribution < -0.4 is 25.4 Å². The quantitative estimate of drug-likeness (QED) is 0.464. The molecule has 3 aromatic carbocycles. The molecular weight excluding hydrogens is 446 g/mol. The van der Waals surface area contributed by atoms with Crippen molar-refractivity contribution in [3.8, 4) is 11.5 Å². The summed E-state index contributed by atoms with van der Waals surface area (Å²) in [6.45, 7) is -0.181. The van der Waals surface area contributed by atoms with Crippen LogP contribution in [-0.2, 0) is 4.79 Å². The largest absolute Gasteiger partial charge is 0.493 e. The van der Waals surface area contributed by atoms with Gasteiger partial charge in [-0.1, -0.05) is 23.7 Å². The van der Waals surface area contributed by atoms with E-state index in [4.69, 9.17) is 21.1 Å². The van der Waals surface area contributed by atoms with Crippen LogP contribution in [0.25, 0.3) is 0 Å². The highest BCUT2D eigenvalue weighted by Crippen LogP contribution is 2.29. The smallest absolute Gasteiger partial charge is 0.257 e. The molecule has 0 radical (unpaired) electrons. The van der Waals surface area contributed by atoms with Crippen LogP contribution in [0, 0.1) is 0 Å². The first-order valence-electron chi connectivity index (χ1n) is 9.90. The number of nitrogens with one attached hydrogen (secondary N) is 3. The fourth-order valence-corrected chi connectivity index (χ4v) is 2.96. The second kappa shape index (κ2) is 11.0. The number of hydrogen-bond acceptors (Lipinski definition) is 5. The minimum atomic E-state index is -0.417. The third-order valence-electron chi connectivity index (χ3n) is 4.59. The Bertz CT molecular complexity index is 1170. The van der Waals surface area contributed by atoms with E-state index in [0.717, 1.165) is 0 Å². The van der Waals surface area contributed by atoms with Crippen molar-refractivity contribution in [3.05, 3.63) is 82.9 Å². The van der Waals surface area contributed by atoms with E-state index in [1.807, 2.05) is 0 Å². The van der Waals surface area contributed by atoms with Gasteiger partial charge in [-0.15, -0.1) is 0 Å². The lowest BCUT2D eigenvalue weighted by atomic mass is 10.1. The van der Waals surface area contributed by atoms with Gasteiger partial charge in [-0.3, -0.25) is 14.4 Å². The summed E-state index contributed by atoms with van der Waals surface area (Å²) in [4.78, 5) is 36.8. The van der Waals surface area contributed by atoms with Gasteiger partial charge >= 0.3 is 0 Å². The molecule has 0 fully saturated rings. The molecule has 0 spiro atoms. The number of amides is 3. The van der Waals surface area contributed by atoms with Gasteiger partial charge in [-0.2, -0.15) is 0 Å². The predicted octanol–water partition coefficient (Wildman–Crippen LogP) is 3.98. The van der Waals surface area contributed by atoms with Gasteiger partial charge in [-0.25, -0.2) is 0 Å². The van der Waals surface area contributed by atoms with E-state index in [1.165, 1.54) is 20.2 Å².